The molecular weight excluding hydrogens is 320 g/mol. The van der Waals surface area contributed by atoms with E-state index in [4.69, 9.17) is 17.3 Å². The third-order valence-corrected chi connectivity index (χ3v) is 5.43. The smallest absolute Gasteiger partial charge is 0.152 e. The summed E-state index contributed by atoms with van der Waals surface area (Å²) in [5.41, 5.74) is 9.11. The Morgan fingerprint density at radius 1 is 1.05 bits per heavy atom. The molecule has 2 nitrogen and oxygen atoms in total. The first-order valence-electron chi connectivity index (χ1n) is 6.42. The van der Waals surface area contributed by atoms with Crippen molar-refractivity contribution in [2.45, 2.75) is 10.1 Å². The fourth-order valence-electron chi connectivity index (χ4n) is 1.93. The molecular formula is C16H13ClN2S2. The minimum atomic E-state index is 0.753. The Morgan fingerprint density at radius 2 is 1.76 bits per heavy atom. The van der Waals surface area contributed by atoms with Gasteiger partial charge in [0.25, 0.3) is 0 Å². The van der Waals surface area contributed by atoms with Crippen molar-refractivity contribution in [3.05, 3.63) is 65.2 Å². The second kappa shape index (κ2) is 6.52. The largest absolute Gasteiger partial charge is 0.389 e. The first-order chi connectivity index (χ1) is 10.2. The highest BCUT2D eigenvalue weighted by molar-refractivity contribution is 8.00. The molecule has 0 aliphatic heterocycles. The highest BCUT2D eigenvalue weighted by atomic mass is 35.5. The van der Waals surface area contributed by atoms with E-state index in [0.717, 1.165) is 36.9 Å². The lowest BCUT2D eigenvalue weighted by atomic mass is 10.2. The number of anilines is 1. The van der Waals surface area contributed by atoms with Crippen molar-refractivity contribution in [2.75, 3.05) is 5.73 Å². The molecule has 106 valence electrons. The van der Waals surface area contributed by atoms with E-state index in [1.54, 1.807) is 11.8 Å². The maximum absolute atomic E-state index is 6.17. The lowest BCUT2D eigenvalue weighted by Crippen LogP contribution is -1.85. The van der Waals surface area contributed by atoms with Gasteiger partial charge >= 0.3 is 0 Å². The molecule has 3 rings (SSSR count). The first kappa shape index (κ1) is 14.4. The van der Waals surface area contributed by atoms with Crippen LogP contribution in [0.2, 0.25) is 5.02 Å². The number of nitrogen functional groups attached to an aromatic ring is 1. The van der Waals surface area contributed by atoms with Gasteiger partial charge in [0, 0.05) is 16.3 Å². The van der Waals surface area contributed by atoms with Gasteiger partial charge < -0.3 is 5.73 Å². The van der Waals surface area contributed by atoms with Gasteiger partial charge in [-0.25, -0.2) is 4.98 Å². The Labute approximate surface area is 137 Å². The molecule has 0 spiro atoms. The summed E-state index contributed by atoms with van der Waals surface area (Å²) < 4.78 is 0.964. The number of nitrogens with two attached hydrogens (primary N) is 1. The van der Waals surface area contributed by atoms with Crippen molar-refractivity contribution in [1.82, 2.24) is 4.98 Å². The van der Waals surface area contributed by atoms with Crippen molar-refractivity contribution in [2.24, 2.45) is 0 Å². The Kier molecular flexibility index (Phi) is 4.48. The Balaban J connectivity index is 1.78. The maximum atomic E-state index is 6.17. The average Bonchev–Trinajstić information content (AvgIpc) is 2.88. The lowest BCUT2D eigenvalue weighted by Gasteiger charge is -2.01. The van der Waals surface area contributed by atoms with Gasteiger partial charge in [-0.3, -0.25) is 0 Å². The molecule has 21 heavy (non-hydrogen) atoms. The second-order valence-corrected chi connectivity index (χ2v) is 7.10. The number of hydrogen-bond donors (Lipinski definition) is 1. The number of aromatic nitrogens is 1. The normalized spacial score (nSPS) is 10.7. The predicted molar refractivity (Wildman–Crippen MR) is 93.0 cm³/mol. The van der Waals surface area contributed by atoms with E-state index >= 15 is 0 Å². The molecule has 2 N–H and O–H groups in total. The number of thioether (sulfide) groups is 1. The fourth-order valence-corrected chi connectivity index (χ4v) is 4.17. The molecule has 0 amide bonds. The summed E-state index contributed by atoms with van der Waals surface area (Å²) in [6.07, 6.45) is 0. The molecule has 0 saturated carbocycles. The van der Waals surface area contributed by atoms with Gasteiger partial charge in [-0.1, -0.05) is 83.2 Å². The number of nitrogens with zero attached hydrogens (tertiary/aromatic N) is 1. The van der Waals surface area contributed by atoms with Crippen LogP contribution in [0.15, 0.2) is 58.9 Å². The summed E-state index contributed by atoms with van der Waals surface area (Å²) in [6, 6.07) is 17.9. The Morgan fingerprint density at radius 3 is 2.52 bits per heavy atom. The first-order valence-corrected chi connectivity index (χ1v) is 8.60. The molecule has 1 aromatic heterocycles. The zero-order valence-corrected chi connectivity index (χ0v) is 13.5. The van der Waals surface area contributed by atoms with E-state index < -0.39 is 0 Å². The van der Waals surface area contributed by atoms with Crippen molar-refractivity contribution in [1.29, 1.82) is 0 Å². The molecule has 2 aromatic carbocycles. The standard InChI is InChI=1S/C16H13ClN2S2/c17-13-9-5-4-8-12(13)10-20-16-19-14(15(18)21-16)11-6-2-1-3-7-11/h1-9H,10,18H2. The van der Waals surface area contributed by atoms with E-state index in [9.17, 15) is 0 Å². The fraction of sp³-hybridized carbons (Fsp3) is 0.0625. The average molecular weight is 333 g/mol. The Hall–Kier alpha value is -1.49. The summed E-state index contributed by atoms with van der Waals surface area (Å²) >= 11 is 9.35. The minimum absolute atomic E-state index is 0.753. The van der Waals surface area contributed by atoms with Gasteiger partial charge in [0.1, 0.15) is 10.7 Å². The van der Waals surface area contributed by atoms with Crippen molar-refractivity contribution in [3.8, 4) is 11.3 Å². The molecule has 0 aliphatic carbocycles. The number of hydrogen-bond acceptors (Lipinski definition) is 4. The molecule has 5 heteroatoms. The highest BCUT2D eigenvalue weighted by Gasteiger charge is 2.11. The number of halogens is 1. The van der Waals surface area contributed by atoms with E-state index in [-0.39, 0.29) is 0 Å². The quantitative estimate of drug-likeness (QED) is 0.655. The monoisotopic (exact) mass is 332 g/mol. The van der Waals surface area contributed by atoms with Crippen molar-refractivity contribution >= 4 is 39.7 Å². The molecule has 3 aromatic rings. The van der Waals surface area contributed by atoms with Gasteiger partial charge in [-0.2, -0.15) is 0 Å². The molecule has 1 heterocycles. The van der Waals surface area contributed by atoms with Crippen LogP contribution in [-0.2, 0) is 5.75 Å². The molecule has 0 atom stereocenters. The second-order valence-electron chi connectivity index (χ2n) is 4.44. The van der Waals surface area contributed by atoms with Crippen LogP contribution in [0.3, 0.4) is 0 Å². The summed E-state index contributed by atoms with van der Waals surface area (Å²) in [5, 5.41) is 1.54. The van der Waals surface area contributed by atoms with E-state index in [1.807, 2.05) is 54.6 Å². The van der Waals surface area contributed by atoms with Crippen LogP contribution >= 0.6 is 34.7 Å². The number of rotatable bonds is 4. The van der Waals surface area contributed by atoms with Gasteiger partial charge in [0.2, 0.25) is 0 Å². The molecule has 0 radical (unpaired) electrons. The van der Waals surface area contributed by atoms with Crippen LogP contribution in [0.5, 0.6) is 0 Å². The summed E-state index contributed by atoms with van der Waals surface area (Å²) in [4.78, 5) is 4.64. The van der Waals surface area contributed by atoms with Gasteiger partial charge in [-0.05, 0) is 11.6 Å². The van der Waals surface area contributed by atoms with Crippen LogP contribution in [0.1, 0.15) is 5.56 Å². The zero-order chi connectivity index (χ0) is 14.7. The molecule has 0 fully saturated rings. The predicted octanol–water partition coefficient (Wildman–Crippen LogP) is 5.34. The molecule has 0 bridgehead atoms. The molecule has 0 saturated heterocycles. The number of thiazole rings is 1. The van der Waals surface area contributed by atoms with Crippen LogP contribution in [0, 0.1) is 0 Å². The van der Waals surface area contributed by atoms with Gasteiger partial charge in [0.05, 0.1) is 0 Å². The van der Waals surface area contributed by atoms with E-state index in [2.05, 4.69) is 4.98 Å². The molecule has 0 aliphatic rings. The summed E-state index contributed by atoms with van der Waals surface area (Å²) in [6.45, 7) is 0. The highest BCUT2D eigenvalue weighted by Crippen LogP contribution is 2.37. The Bertz CT molecular complexity index is 741. The van der Waals surface area contributed by atoms with Crippen LogP contribution in [-0.4, -0.2) is 4.98 Å². The van der Waals surface area contributed by atoms with Gasteiger partial charge in [0.15, 0.2) is 4.34 Å². The SMILES string of the molecule is Nc1sc(SCc2ccccc2Cl)nc1-c1ccccc1. The van der Waals surface area contributed by atoms with Crippen molar-refractivity contribution in [3.63, 3.8) is 0 Å². The van der Waals surface area contributed by atoms with Crippen LogP contribution in [0.25, 0.3) is 11.3 Å². The third kappa shape index (κ3) is 3.40. The van der Waals surface area contributed by atoms with Crippen LogP contribution in [0.4, 0.5) is 5.00 Å². The zero-order valence-electron chi connectivity index (χ0n) is 11.1. The van der Waals surface area contributed by atoms with Crippen LogP contribution < -0.4 is 5.73 Å². The summed E-state index contributed by atoms with van der Waals surface area (Å²) in [5.74, 6) is 0.793. The van der Waals surface area contributed by atoms with Crippen molar-refractivity contribution < 1.29 is 0 Å². The maximum Gasteiger partial charge on any atom is 0.152 e. The third-order valence-electron chi connectivity index (χ3n) is 2.99. The summed E-state index contributed by atoms with van der Waals surface area (Å²) in [7, 11) is 0. The lowest BCUT2D eigenvalue weighted by molar-refractivity contribution is 1.25. The van der Waals surface area contributed by atoms with E-state index in [0.29, 0.717) is 0 Å². The minimum Gasteiger partial charge on any atom is -0.389 e. The van der Waals surface area contributed by atoms with E-state index in [1.165, 1.54) is 11.3 Å². The topological polar surface area (TPSA) is 38.9 Å². The van der Waals surface area contributed by atoms with Gasteiger partial charge in [-0.15, -0.1) is 0 Å². The molecule has 0 unspecified atom stereocenters. The number of benzene rings is 2.